The molecule has 2 aromatic heterocycles. The monoisotopic (exact) mass is 300 g/mol. The molecule has 2 heterocycles. The van der Waals surface area contributed by atoms with Crippen LogP contribution < -0.4 is 11.5 Å². The van der Waals surface area contributed by atoms with Gasteiger partial charge in [0.2, 0.25) is 0 Å². The minimum atomic E-state index is -0.887. The molecule has 20 heavy (non-hydrogen) atoms. The maximum Gasteiger partial charge on any atom is 0.165 e. The van der Waals surface area contributed by atoms with Gasteiger partial charge in [-0.05, 0) is 18.9 Å². The van der Waals surface area contributed by atoms with Crippen LogP contribution in [0.3, 0.4) is 0 Å². The third-order valence-corrected chi connectivity index (χ3v) is 3.78. The van der Waals surface area contributed by atoms with Gasteiger partial charge in [0, 0.05) is 0 Å². The lowest BCUT2D eigenvalue weighted by Gasteiger charge is -2.22. The second kappa shape index (κ2) is 5.49. The first-order chi connectivity index (χ1) is 9.13. The summed E-state index contributed by atoms with van der Waals surface area (Å²) in [6, 6.07) is -0.348. The fourth-order valence-electron chi connectivity index (χ4n) is 2.81. The molecule has 8 nitrogen and oxygen atoms in total. The van der Waals surface area contributed by atoms with Gasteiger partial charge in [0.25, 0.3) is 0 Å². The van der Waals surface area contributed by atoms with Crippen LogP contribution in [0, 0.1) is 5.92 Å². The Morgan fingerprint density at radius 3 is 2.75 bits per heavy atom. The Morgan fingerprint density at radius 2 is 2.05 bits per heavy atom. The number of nitrogens with two attached hydrogens (primary N) is 2. The molecule has 2 aromatic rings. The highest BCUT2D eigenvalue weighted by atomic mass is 35.5. The van der Waals surface area contributed by atoms with Gasteiger partial charge in [-0.1, -0.05) is 0 Å². The Kier molecular flexibility index (Phi) is 4.09. The first-order valence-corrected chi connectivity index (χ1v) is 6.12. The quantitative estimate of drug-likeness (QED) is 0.562. The fraction of sp³-hybridized carbons (Fsp3) is 0.545. The van der Waals surface area contributed by atoms with Crippen LogP contribution in [0.25, 0.3) is 11.2 Å². The Hall–Kier alpha value is -1.48. The molecule has 9 heteroatoms. The van der Waals surface area contributed by atoms with Gasteiger partial charge in [0.05, 0.1) is 18.5 Å². The number of rotatable bonds is 2. The molecule has 3 rings (SSSR count). The number of nitrogen functional groups attached to an aromatic ring is 1. The summed E-state index contributed by atoms with van der Waals surface area (Å²) in [7, 11) is 0. The summed E-state index contributed by atoms with van der Waals surface area (Å²) >= 11 is 0. The molecule has 110 valence electrons. The molecule has 0 aromatic carbocycles. The summed E-state index contributed by atoms with van der Waals surface area (Å²) in [5.41, 5.74) is 12.5. The van der Waals surface area contributed by atoms with E-state index in [-0.39, 0.29) is 24.4 Å². The number of hydrogen-bond acceptors (Lipinski definition) is 7. The van der Waals surface area contributed by atoms with Crippen LogP contribution in [0.1, 0.15) is 12.5 Å². The minimum Gasteiger partial charge on any atom is -0.390 e. The number of aromatic nitrogens is 4. The van der Waals surface area contributed by atoms with Gasteiger partial charge in [-0.25, -0.2) is 15.0 Å². The molecule has 0 saturated heterocycles. The highest BCUT2D eigenvalue weighted by Crippen LogP contribution is 2.37. The Morgan fingerprint density at radius 1 is 1.30 bits per heavy atom. The molecule has 1 aliphatic carbocycles. The van der Waals surface area contributed by atoms with Crippen molar-refractivity contribution < 1.29 is 10.2 Å². The summed E-state index contributed by atoms with van der Waals surface area (Å²) in [5, 5.41) is 19.9. The molecule has 0 amide bonds. The minimum absolute atomic E-state index is 0. The first-order valence-electron chi connectivity index (χ1n) is 6.12. The topological polar surface area (TPSA) is 136 Å². The molecule has 0 radical (unpaired) electrons. The van der Waals surface area contributed by atoms with Gasteiger partial charge in [-0.15, -0.1) is 12.4 Å². The van der Waals surface area contributed by atoms with E-state index in [0.717, 1.165) is 0 Å². The maximum absolute atomic E-state index is 10.1. The summed E-state index contributed by atoms with van der Waals surface area (Å²) in [6.45, 7) is 0.374. The van der Waals surface area contributed by atoms with Crippen LogP contribution >= 0.6 is 12.4 Å². The van der Waals surface area contributed by atoms with E-state index in [0.29, 0.717) is 29.9 Å². The number of halogens is 1. The van der Waals surface area contributed by atoms with E-state index in [1.807, 2.05) is 0 Å². The zero-order chi connectivity index (χ0) is 13.6. The normalized spacial score (nSPS) is 29.6. The Balaban J connectivity index is 0.00000147. The molecule has 0 spiro atoms. The van der Waals surface area contributed by atoms with Gasteiger partial charge in [-0.3, -0.25) is 0 Å². The van der Waals surface area contributed by atoms with Crippen molar-refractivity contribution in [3.05, 3.63) is 12.7 Å². The summed E-state index contributed by atoms with van der Waals surface area (Å²) in [6.07, 6.45) is 1.70. The van der Waals surface area contributed by atoms with Crippen LogP contribution in [0.5, 0.6) is 0 Å². The first kappa shape index (κ1) is 14.9. The van der Waals surface area contributed by atoms with E-state index in [9.17, 15) is 10.2 Å². The number of aliphatic hydroxyl groups excluding tert-OH is 2. The molecule has 4 atom stereocenters. The molecule has 6 N–H and O–H groups in total. The summed E-state index contributed by atoms with van der Waals surface area (Å²) < 4.78 is 1.73. The molecular formula is C11H17ClN6O2. The fourth-order valence-corrected chi connectivity index (χ4v) is 2.81. The van der Waals surface area contributed by atoms with Crippen molar-refractivity contribution >= 4 is 29.4 Å². The van der Waals surface area contributed by atoms with Gasteiger partial charge in [0.1, 0.15) is 17.9 Å². The number of hydrogen-bond donors (Lipinski definition) is 4. The number of imidazole rings is 1. The third-order valence-electron chi connectivity index (χ3n) is 3.78. The van der Waals surface area contributed by atoms with Crippen molar-refractivity contribution in [1.29, 1.82) is 0 Å². The molecule has 0 aliphatic heterocycles. The van der Waals surface area contributed by atoms with Crippen molar-refractivity contribution in [1.82, 2.24) is 19.5 Å². The summed E-state index contributed by atoms with van der Waals surface area (Å²) in [5.74, 6) is 0.264. The lowest BCUT2D eigenvalue weighted by atomic mass is 10.0. The van der Waals surface area contributed by atoms with E-state index >= 15 is 0 Å². The zero-order valence-corrected chi connectivity index (χ0v) is 11.4. The predicted molar refractivity (Wildman–Crippen MR) is 75.2 cm³/mol. The highest BCUT2D eigenvalue weighted by Gasteiger charge is 2.42. The van der Waals surface area contributed by atoms with E-state index in [1.54, 1.807) is 10.9 Å². The standard InChI is InChI=1S/C11H16N6O2.ClH/c12-2-5-1-6(18)9(19)8(5)17-4-16-7-10(13)14-3-15-11(7)17;/h3-6,8-9,18-19H,1-2,12H2,(H2,13,14,15);1H/t5-,6-,8-,9-;/m1./s1. The molecular weight excluding hydrogens is 284 g/mol. The van der Waals surface area contributed by atoms with E-state index < -0.39 is 12.2 Å². The average Bonchev–Trinajstić information content (AvgIpc) is 2.93. The van der Waals surface area contributed by atoms with Crippen LogP contribution in [0.15, 0.2) is 12.7 Å². The lowest BCUT2D eigenvalue weighted by molar-refractivity contribution is 0.0231. The molecule has 0 unspecified atom stereocenters. The van der Waals surface area contributed by atoms with Gasteiger partial charge in [0.15, 0.2) is 11.5 Å². The second-order valence-corrected chi connectivity index (χ2v) is 4.86. The molecule has 1 saturated carbocycles. The number of aliphatic hydroxyl groups is 2. The van der Waals surface area contributed by atoms with Crippen LogP contribution in [-0.4, -0.2) is 48.5 Å². The van der Waals surface area contributed by atoms with Gasteiger partial charge in [-0.2, -0.15) is 0 Å². The smallest absolute Gasteiger partial charge is 0.165 e. The van der Waals surface area contributed by atoms with Crippen molar-refractivity contribution in [3.8, 4) is 0 Å². The molecule has 1 aliphatic rings. The second-order valence-electron chi connectivity index (χ2n) is 4.86. The number of anilines is 1. The van der Waals surface area contributed by atoms with Crippen molar-refractivity contribution in [3.63, 3.8) is 0 Å². The number of nitrogens with zero attached hydrogens (tertiary/aromatic N) is 4. The summed E-state index contributed by atoms with van der Waals surface area (Å²) in [4.78, 5) is 12.2. The Bertz CT molecular complexity index is 606. The van der Waals surface area contributed by atoms with E-state index in [2.05, 4.69) is 15.0 Å². The SMILES string of the molecule is Cl.NC[C@H]1C[C@@H](O)[C@@H](O)[C@@H]1n1cnc2c(N)ncnc21. The molecule has 1 fully saturated rings. The van der Waals surface area contributed by atoms with Crippen molar-refractivity contribution in [2.75, 3.05) is 12.3 Å². The zero-order valence-electron chi connectivity index (χ0n) is 10.6. The van der Waals surface area contributed by atoms with Gasteiger partial charge >= 0.3 is 0 Å². The van der Waals surface area contributed by atoms with E-state index in [1.165, 1.54) is 6.33 Å². The number of fused-ring (bicyclic) bond motifs is 1. The predicted octanol–water partition coefficient (Wildman–Crippen LogP) is -0.928. The largest absolute Gasteiger partial charge is 0.390 e. The van der Waals surface area contributed by atoms with Crippen LogP contribution in [0.2, 0.25) is 0 Å². The van der Waals surface area contributed by atoms with Crippen molar-refractivity contribution in [2.24, 2.45) is 11.7 Å². The molecule has 0 bridgehead atoms. The Labute approximate surface area is 121 Å². The highest BCUT2D eigenvalue weighted by molar-refractivity contribution is 5.85. The maximum atomic E-state index is 10.1. The van der Waals surface area contributed by atoms with Crippen LogP contribution in [-0.2, 0) is 0 Å². The lowest BCUT2D eigenvalue weighted by Crippen LogP contribution is -2.30. The third kappa shape index (κ3) is 2.10. The van der Waals surface area contributed by atoms with Crippen molar-refractivity contribution in [2.45, 2.75) is 24.7 Å². The average molecular weight is 301 g/mol. The van der Waals surface area contributed by atoms with Gasteiger partial charge < -0.3 is 26.2 Å². The van der Waals surface area contributed by atoms with Crippen LogP contribution in [0.4, 0.5) is 5.82 Å². The van der Waals surface area contributed by atoms with E-state index in [4.69, 9.17) is 11.5 Å².